The van der Waals surface area contributed by atoms with Crippen LogP contribution in [0.5, 0.6) is 0 Å². The van der Waals surface area contributed by atoms with Crippen molar-refractivity contribution in [3.63, 3.8) is 0 Å². The standard InChI is InChI=1S/C7H15Si/c1-4-6-7(3)8-5-2/h5,7-8H,2,4,6H2,1,3H3. The van der Waals surface area contributed by atoms with Crippen molar-refractivity contribution in [3.8, 4) is 0 Å². The summed E-state index contributed by atoms with van der Waals surface area (Å²) in [6, 6.07) is 0. The Morgan fingerprint density at radius 1 is 1.75 bits per heavy atom. The summed E-state index contributed by atoms with van der Waals surface area (Å²) in [5.74, 6) is 0. The summed E-state index contributed by atoms with van der Waals surface area (Å²) in [5.41, 5.74) is 3.01. The van der Waals surface area contributed by atoms with E-state index in [0.29, 0.717) is 9.13 Å². The van der Waals surface area contributed by atoms with Crippen LogP contribution in [-0.2, 0) is 0 Å². The van der Waals surface area contributed by atoms with Crippen molar-refractivity contribution in [1.29, 1.82) is 0 Å². The third-order valence-corrected chi connectivity index (χ3v) is 2.47. The van der Waals surface area contributed by atoms with Gasteiger partial charge in [0.1, 0.15) is 0 Å². The second-order valence-corrected chi connectivity index (χ2v) is 4.19. The molecule has 0 amide bonds. The van der Waals surface area contributed by atoms with Gasteiger partial charge in [0.15, 0.2) is 0 Å². The van der Waals surface area contributed by atoms with E-state index in [2.05, 4.69) is 26.4 Å². The molecular formula is C7H15Si. The average Bonchev–Trinajstić information content (AvgIpc) is 1.68. The normalized spacial score (nSPS) is 14.9. The highest BCUT2D eigenvalue weighted by atomic mass is 28.2. The van der Waals surface area contributed by atoms with Crippen molar-refractivity contribution in [2.24, 2.45) is 0 Å². The third-order valence-electron chi connectivity index (χ3n) is 1.21. The summed E-state index contributed by atoms with van der Waals surface area (Å²) in [7, 11) is 0.529. The Morgan fingerprint density at radius 3 is 2.75 bits per heavy atom. The maximum absolute atomic E-state index is 3.72. The van der Waals surface area contributed by atoms with Gasteiger partial charge in [0.25, 0.3) is 0 Å². The van der Waals surface area contributed by atoms with Gasteiger partial charge in [0.05, 0.1) is 0 Å². The van der Waals surface area contributed by atoms with Crippen LogP contribution in [-0.4, -0.2) is 14.8 Å². The molecule has 0 aliphatic carbocycles. The molecule has 0 nitrogen and oxygen atoms in total. The highest BCUT2D eigenvalue weighted by Gasteiger charge is 1.90. The minimum atomic E-state index is 0.529. The summed E-state index contributed by atoms with van der Waals surface area (Å²) < 4.78 is 0. The molecule has 0 spiro atoms. The zero-order valence-corrected chi connectivity index (χ0v) is 7.01. The number of rotatable bonds is 3. The maximum atomic E-state index is 3.72. The second-order valence-electron chi connectivity index (χ2n) is 2.19. The Balaban J connectivity index is 3.17. The maximum Gasteiger partial charge on any atom is -0.00888 e. The molecule has 1 atom stereocenters. The molecule has 0 heterocycles. The van der Waals surface area contributed by atoms with Crippen LogP contribution in [0.2, 0.25) is 5.54 Å². The van der Waals surface area contributed by atoms with Crippen LogP contribution in [0.15, 0.2) is 0 Å². The minimum Gasteiger partial charge on any atom is -0.106 e. The van der Waals surface area contributed by atoms with E-state index in [9.17, 15) is 0 Å². The molecule has 0 aromatic rings. The number of hydrogen-bond acceptors (Lipinski definition) is 0. The highest BCUT2D eigenvalue weighted by Crippen LogP contribution is 2.05. The van der Waals surface area contributed by atoms with E-state index in [1.54, 1.807) is 0 Å². The molecule has 8 heavy (non-hydrogen) atoms. The molecule has 47 valence electrons. The molecule has 0 aliphatic heterocycles. The Morgan fingerprint density at radius 2 is 2.38 bits per heavy atom. The lowest BCUT2D eigenvalue weighted by Crippen LogP contribution is -1.91. The molecule has 0 rings (SSSR count). The topological polar surface area (TPSA) is 0 Å². The Bertz CT molecular complexity index is 66.8. The Hall–Kier alpha value is 0.0869. The molecule has 1 radical (unpaired) electrons. The summed E-state index contributed by atoms with van der Waals surface area (Å²) in [5, 5.41) is 0. The average molecular weight is 127 g/mol. The molecule has 0 N–H and O–H groups in total. The van der Waals surface area contributed by atoms with Crippen LogP contribution in [0.4, 0.5) is 0 Å². The zero-order chi connectivity index (χ0) is 6.41. The van der Waals surface area contributed by atoms with Gasteiger partial charge in [-0.15, -0.1) is 5.67 Å². The largest absolute Gasteiger partial charge is 0.106 e. The fourth-order valence-electron chi connectivity index (χ4n) is 0.784. The van der Waals surface area contributed by atoms with Gasteiger partial charge in [0.2, 0.25) is 0 Å². The van der Waals surface area contributed by atoms with Gasteiger partial charge in [-0.2, -0.15) is 0 Å². The molecule has 0 saturated heterocycles. The van der Waals surface area contributed by atoms with E-state index < -0.39 is 0 Å². The van der Waals surface area contributed by atoms with E-state index in [-0.39, 0.29) is 0 Å². The third kappa shape index (κ3) is 4.25. The van der Waals surface area contributed by atoms with E-state index in [4.69, 9.17) is 0 Å². The van der Waals surface area contributed by atoms with E-state index in [1.807, 2.05) is 0 Å². The lowest BCUT2D eigenvalue weighted by molar-refractivity contribution is 0.768. The Labute approximate surface area is 54.7 Å². The number of hydrogen-bond donors (Lipinski definition) is 0. The Kier molecular flexibility index (Phi) is 5.28. The van der Waals surface area contributed by atoms with E-state index in [0.717, 1.165) is 5.54 Å². The first-order valence-electron chi connectivity index (χ1n) is 3.27. The van der Waals surface area contributed by atoms with Crippen LogP contribution in [0.1, 0.15) is 26.7 Å². The molecule has 1 heteroatoms. The van der Waals surface area contributed by atoms with Crippen molar-refractivity contribution in [1.82, 2.24) is 0 Å². The van der Waals surface area contributed by atoms with Crippen LogP contribution in [0.25, 0.3) is 0 Å². The molecule has 0 aromatic carbocycles. The van der Waals surface area contributed by atoms with E-state index in [1.165, 1.54) is 12.8 Å². The molecule has 0 aliphatic rings. The quantitative estimate of drug-likeness (QED) is 0.506. The van der Waals surface area contributed by atoms with Gasteiger partial charge in [-0.05, 0) is 21.6 Å². The van der Waals surface area contributed by atoms with Gasteiger partial charge < -0.3 is 0 Å². The first-order chi connectivity index (χ1) is 3.81. The molecule has 0 aromatic heterocycles. The van der Waals surface area contributed by atoms with Crippen molar-refractivity contribution in [2.45, 2.75) is 32.2 Å². The van der Waals surface area contributed by atoms with Crippen molar-refractivity contribution < 1.29 is 0 Å². The molecule has 0 fully saturated rings. The fraction of sp³-hybridized carbons (Fsp3) is 0.714. The molecule has 1 unspecified atom stereocenters. The highest BCUT2D eigenvalue weighted by molar-refractivity contribution is 6.49. The van der Waals surface area contributed by atoms with Gasteiger partial charge in [-0.1, -0.05) is 26.7 Å². The SMILES string of the molecule is [CH2]C=[SiH]C(C)CCC. The first kappa shape index (κ1) is 8.09. The lowest BCUT2D eigenvalue weighted by atomic mass is 10.3. The molecule has 0 bridgehead atoms. The van der Waals surface area contributed by atoms with Crippen molar-refractivity contribution in [2.75, 3.05) is 0 Å². The van der Waals surface area contributed by atoms with Gasteiger partial charge in [-0.25, -0.2) is 0 Å². The van der Waals surface area contributed by atoms with Crippen molar-refractivity contribution >= 4 is 14.8 Å². The predicted octanol–water partition coefficient (Wildman–Crippen LogP) is 1.67. The van der Waals surface area contributed by atoms with Crippen molar-refractivity contribution in [3.05, 3.63) is 6.92 Å². The molecule has 0 saturated carbocycles. The van der Waals surface area contributed by atoms with Gasteiger partial charge in [-0.3, -0.25) is 0 Å². The molecular weight excluding hydrogens is 112 g/mol. The zero-order valence-electron chi connectivity index (χ0n) is 5.85. The summed E-state index contributed by atoms with van der Waals surface area (Å²) in [6.45, 7) is 8.26. The smallest absolute Gasteiger partial charge is 0.00888 e. The summed E-state index contributed by atoms with van der Waals surface area (Å²) in [6.07, 6.45) is 2.70. The minimum absolute atomic E-state index is 0.529. The predicted molar refractivity (Wildman–Crippen MR) is 42.9 cm³/mol. The van der Waals surface area contributed by atoms with Crippen LogP contribution in [0.3, 0.4) is 0 Å². The van der Waals surface area contributed by atoms with Crippen LogP contribution >= 0.6 is 0 Å². The fourth-order valence-corrected chi connectivity index (χ4v) is 1.77. The van der Waals surface area contributed by atoms with Gasteiger partial charge >= 0.3 is 0 Å². The lowest BCUT2D eigenvalue weighted by Gasteiger charge is -1.99. The first-order valence-corrected chi connectivity index (χ1v) is 4.60. The second kappa shape index (κ2) is 5.23. The van der Waals surface area contributed by atoms with Crippen LogP contribution in [0, 0.1) is 6.92 Å². The summed E-state index contributed by atoms with van der Waals surface area (Å²) >= 11 is 0. The van der Waals surface area contributed by atoms with Crippen LogP contribution < -0.4 is 0 Å². The monoisotopic (exact) mass is 127 g/mol. The van der Waals surface area contributed by atoms with Gasteiger partial charge in [0, 0.05) is 0 Å². The van der Waals surface area contributed by atoms with E-state index >= 15 is 0 Å². The summed E-state index contributed by atoms with van der Waals surface area (Å²) in [4.78, 5) is 0.